The van der Waals surface area contributed by atoms with Gasteiger partial charge in [-0.1, -0.05) is 35.3 Å². The molecule has 0 unspecified atom stereocenters. The summed E-state index contributed by atoms with van der Waals surface area (Å²) in [5, 5.41) is 11.1. The quantitative estimate of drug-likeness (QED) is 0.296. The van der Waals surface area contributed by atoms with Crippen LogP contribution in [0.2, 0.25) is 10.0 Å². The van der Waals surface area contributed by atoms with E-state index < -0.39 is 0 Å². The number of hydrogen-bond donors (Lipinski definition) is 1. The lowest BCUT2D eigenvalue weighted by molar-refractivity contribution is 0.572. The van der Waals surface area contributed by atoms with Crippen LogP contribution in [-0.2, 0) is 0 Å². The molecule has 0 spiro atoms. The molecule has 2 aromatic carbocycles. The minimum atomic E-state index is 0.459. The first-order valence-corrected chi connectivity index (χ1v) is 9.49. The summed E-state index contributed by atoms with van der Waals surface area (Å²) in [6.45, 7) is 0. The molecule has 4 rings (SSSR count). The molecule has 4 aromatic rings. The molecule has 0 radical (unpaired) electrons. The third-order valence-corrected chi connectivity index (χ3v) is 5.34. The second-order valence-corrected chi connectivity index (χ2v) is 7.46. The van der Waals surface area contributed by atoms with Crippen molar-refractivity contribution in [2.75, 3.05) is 0 Å². The SMILES string of the molecule is N#C/C(=C\c1ccc(-c2ccc(Cl)c(Cl)c2)o1)Sc1nc2ccccc2[nH]1. The highest BCUT2D eigenvalue weighted by molar-refractivity contribution is 8.03. The monoisotopic (exact) mass is 411 g/mol. The molecule has 0 aliphatic carbocycles. The Hall–Kier alpha value is -2.65. The molecule has 132 valence electrons. The molecule has 0 saturated heterocycles. The lowest BCUT2D eigenvalue weighted by Crippen LogP contribution is -1.77. The van der Waals surface area contributed by atoms with Gasteiger partial charge in [0.15, 0.2) is 5.16 Å². The fraction of sp³-hybridized carbons (Fsp3) is 0. The van der Waals surface area contributed by atoms with Crippen molar-refractivity contribution in [2.45, 2.75) is 5.16 Å². The van der Waals surface area contributed by atoms with Crippen LogP contribution in [0.15, 0.2) is 69.1 Å². The van der Waals surface area contributed by atoms with Gasteiger partial charge in [-0.25, -0.2) is 4.98 Å². The molecule has 7 heteroatoms. The zero-order valence-corrected chi connectivity index (χ0v) is 16.1. The van der Waals surface area contributed by atoms with Crippen molar-refractivity contribution < 1.29 is 4.42 Å². The number of nitriles is 1. The summed E-state index contributed by atoms with van der Waals surface area (Å²) in [6.07, 6.45) is 1.68. The lowest BCUT2D eigenvalue weighted by Gasteiger charge is -1.99. The van der Waals surface area contributed by atoms with Gasteiger partial charge in [-0.2, -0.15) is 5.26 Å². The zero-order valence-electron chi connectivity index (χ0n) is 13.7. The number of nitrogens with zero attached hydrogens (tertiary/aromatic N) is 2. The van der Waals surface area contributed by atoms with Gasteiger partial charge in [-0.15, -0.1) is 0 Å². The van der Waals surface area contributed by atoms with Crippen LogP contribution in [0, 0.1) is 11.3 Å². The van der Waals surface area contributed by atoms with E-state index in [-0.39, 0.29) is 0 Å². The van der Waals surface area contributed by atoms with Crippen LogP contribution in [0.4, 0.5) is 0 Å². The van der Waals surface area contributed by atoms with Gasteiger partial charge in [0.05, 0.1) is 26.0 Å². The summed E-state index contributed by atoms with van der Waals surface area (Å²) in [7, 11) is 0. The van der Waals surface area contributed by atoms with E-state index >= 15 is 0 Å². The van der Waals surface area contributed by atoms with Gasteiger partial charge in [0.2, 0.25) is 0 Å². The molecule has 0 amide bonds. The first-order valence-electron chi connectivity index (χ1n) is 7.92. The number of thioether (sulfide) groups is 1. The summed E-state index contributed by atoms with van der Waals surface area (Å²) < 4.78 is 5.82. The summed E-state index contributed by atoms with van der Waals surface area (Å²) in [5.74, 6) is 1.21. The average Bonchev–Trinajstić information content (AvgIpc) is 3.29. The Morgan fingerprint density at radius 3 is 2.74 bits per heavy atom. The highest BCUT2D eigenvalue weighted by Gasteiger charge is 2.09. The lowest BCUT2D eigenvalue weighted by atomic mass is 10.2. The number of allylic oxidation sites excluding steroid dienone is 1. The van der Waals surface area contributed by atoms with Gasteiger partial charge in [-0.05, 0) is 54.2 Å². The topological polar surface area (TPSA) is 65.6 Å². The Bertz CT molecular complexity index is 1170. The molecule has 2 aromatic heterocycles. The predicted molar refractivity (Wildman–Crippen MR) is 110 cm³/mol. The molecule has 1 N–H and O–H groups in total. The number of furan rings is 1. The predicted octanol–water partition coefficient (Wildman–Crippen LogP) is 6.79. The van der Waals surface area contributed by atoms with E-state index in [2.05, 4.69) is 16.0 Å². The number of para-hydroxylation sites is 2. The first-order chi connectivity index (χ1) is 13.1. The van der Waals surface area contributed by atoms with Gasteiger partial charge in [0.1, 0.15) is 17.6 Å². The molecular formula is C20H11Cl2N3OS. The van der Waals surface area contributed by atoms with Crippen molar-refractivity contribution in [2.24, 2.45) is 0 Å². The van der Waals surface area contributed by atoms with Crippen molar-refractivity contribution in [1.29, 1.82) is 5.26 Å². The Kier molecular flexibility index (Phi) is 4.95. The minimum Gasteiger partial charge on any atom is -0.457 e. The molecule has 27 heavy (non-hydrogen) atoms. The maximum Gasteiger partial charge on any atom is 0.171 e. The van der Waals surface area contributed by atoms with E-state index in [1.54, 1.807) is 24.3 Å². The third kappa shape index (κ3) is 3.88. The molecule has 0 bridgehead atoms. The number of halogens is 2. The first kappa shape index (κ1) is 17.7. The summed E-state index contributed by atoms with van der Waals surface area (Å²) in [6, 6.07) is 18.8. The molecule has 4 nitrogen and oxygen atoms in total. The van der Waals surface area contributed by atoms with Crippen LogP contribution in [0.3, 0.4) is 0 Å². The van der Waals surface area contributed by atoms with Crippen LogP contribution in [0.5, 0.6) is 0 Å². The Morgan fingerprint density at radius 2 is 1.96 bits per heavy atom. The highest BCUT2D eigenvalue weighted by Crippen LogP contribution is 2.32. The van der Waals surface area contributed by atoms with Crippen LogP contribution in [-0.4, -0.2) is 9.97 Å². The minimum absolute atomic E-state index is 0.459. The molecule has 0 aliphatic heterocycles. The van der Waals surface area contributed by atoms with Crippen LogP contribution < -0.4 is 0 Å². The average molecular weight is 412 g/mol. The number of imidazole rings is 1. The van der Waals surface area contributed by atoms with E-state index in [9.17, 15) is 5.26 Å². The number of nitrogens with one attached hydrogen (secondary N) is 1. The van der Waals surface area contributed by atoms with E-state index in [1.807, 2.05) is 36.4 Å². The van der Waals surface area contributed by atoms with Crippen molar-refractivity contribution in [3.63, 3.8) is 0 Å². The number of benzene rings is 2. The van der Waals surface area contributed by atoms with Crippen LogP contribution in [0.25, 0.3) is 28.4 Å². The number of H-pyrrole nitrogens is 1. The number of rotatable bonds is 4. The molecular weight excluding hydrogens is 401 g/mol. The third-order valence-electron chi connectivity index (χ3n) is 3.79. The second kappa shape index (κ2) is 7.53. The Balaban J connectivity index is 1.58. The van der Waals surface area contributed by atoms with Crippen LogP contribution in [0.1, 0.15) is 5.76 Å². The molecule has 0 aliphatic rings. The van der Waals surface area contributed by atoms with E-state index in [4.69, 9.17) is 27.6 Å². The maximum atomic E-state index is 9.46. The summed E-state index contributed by atoms with van der Waals surface area (Å²) in [5.41, 5.74) is 2.60. The maximum absolute atomic E-state index is 9.46. The summed E-state index contributed by atoms with van der Waals surface area (Å²) >= 11 is 13.3. The van der Waals surface area contributed by atoms with Gasteiger partial charge < -0.3 is 9.40 Å². The van der Waals surface area contributed by atoms with Crippen molar-refractivity contribution in [3.8, 4) is 17.4 Å². The van der Waals surface area contributed by atoms with Gasteiger partial charge in [-0.3, -0.25) is 0 Å². The smallest absolute Gasteiger partial charge is 0.171 e. The van der Waals surface area contributed by atoms with Crippen molar-refractivity contribution >= 4 is 52.1 Å². The largest absolute Gasteiger partial charge is 0.457 e. The van der Waals surface area contributed by atoms with Crippen molar-refractivity contribution in [1.82, 2.24) is 9.97 Å². The molecule has 0 fully saturated rings. The van der Waals surface area contributed by atoms with Crippen LogP contribution >= 0.6 is 35.0 Å². The van der Waals surface area contributed by atoms with E-state index in [0.717, 1.165) is 16.6 Å². The second-order valence-electron chi connectivity index (χ2n) is 5.61. The number of fused-ring (bicyclic) bond motifs is 1. The molecule has 0 saturated carbocycles. The number of aromatic nitrogens is 2. The number of hydrogen-bond acceptors (Lipinski definition) is 4. The van der Waals surface area contributed by atoms with Crippen molar-refractivity contribution in [3.05, 3.63) is 75.3 Å². The zero-order chi connectivity index (χ0) is 18.8. The Morgan fingerprint density at radius 1 is 1.11 bits per heavy atom. The van der Waals surface area contributed by atoms with Gasteiger partial charge in [0, 0.05) is 11.6 Å². The fourth-order valence-corrected chi connectivity index (χ4v) is 3.56. The van der Waals surface area contributed by atoms with Gasteiger partial charge >= 0.3 is 0 Å². The molecule has 2 heterocycles. The van der Waals surface area contributed by atoms with Gasteiger partial charge in [0.25, 0.3) is 0 Å². The Labute approximate surface area is 169 Å². The number of aromatic amines is 1. The normalized spacial score (nSPS) is 11.7. The fourth-order valence-electron chi connectivity index (χ4n) is 2.53. The molecule has 0 atom stereocenters. The standard InChI is InChI=1S/C20H11Cl2N3OS/c21-15-7-5-12(9-16(15)22)19-8-6-13(26-19)10-14(11-23)27-20-24-17-3-1-2-4-18(17)25-20/h1-10H,(H,24,25)/b14-10+. The van der Waals surface area contributed by atoms with E-state index in [0.29, 0.717) is 31.6 Å². The highest BCUT2D eigenvalue weighted by atomic mass is 35.5. The summed E-state index contributed by atoms with van der Waals surface area (Å²) in [4.78, 5) is 8.12. The van der Waals surface area contributed by atoms with E-state index in [1.165, 1.54) is 11.8 Å².